The third kappa shape index (κ3) is 3.73. The van der Waals surface area contributed by atoms with E-state index in [0.717, 1.165) is 11.1 Å². The van der Waals surface area contributed by atoms with Gasteiger partial charge in [0.15, 0.2) is 6.10 Å². The molecule has 1 amide bonds. The molecule has 0 aliphatic carbocycles. The van der Waals surface area contributed by atoms with E-state index in [0.29, 0.717) is 0 Å². The summed E-state index contributed by atoms with van der Waals surface area (Å²) in [5, 5.41) is 3.89. The van der Waals surface area contributed by atoms with Crippen molar-refractivity contribution in [3.05, 3.63) is 66.0 Å². The summed E-state index contributed by atoms with van der Waals surface area (Å²) in [6, 6.07) is 12.9. The van der Waals surface area contributed by atoms with E-state index in [1.54, 1.807) is 18.5 Å². The van der Waals surface area contributed by atoms with Crippen LogP contribution in [0.5, 0.6) is 0 Å². The maximum absolute atomic E-state index is 12.0. The molecule has 2 aromatic rings. The minimum atomic E-state index is -0.678. The summed E-state index contributed by atoms with van der Waals surface area (Å²) >= 11 is 0. The first-order valence-electron chi connectivity index (χ1n) is 6.12. The van der Waals surface area contributed by atoms with Gasteiger partial charge in [-0.05, 0) is 11.6 Å². The molecule has 0 aliphatic rings. The van der Waals surface area contributed by atoms with Gasteiger partial charge in [-0.1, -0.05) is 36.4 Å². The van der Waals surface area contributed by atoms with E-state index in [4.69, 9.17) is 4.74 Å². The van der Waals surface area contributed by atoms with Crippen molar-refractivity contribution in [3.8, 4) is 0 Å². The Labute approximate surface area is 117 Å². The fourth-order valence-corrected chi connectivity index (χ4v) is 1.70. The minimum absolute atomic E-state index is 0.321. The molecule has 1 atom stereocenters. The number of hydrogen-bond donors (Lipinski definition) is 1. The zero-order valence-corrected chi connectivity index (χ0v) is 11.1. The number of ether oxygens (including phenoxy) is 1. The van der Waals surface area contributed by atoms with Gasteiger partial charge in [0.2, 0.25) is 0 Å². The van der Waals surface area contributed by atoms with Crippen molar-refractivity contribution >= 4 is 12.1 Å². The van der Waals surface area contributed by atoms with Gasteiger partial charge in [-0.25, -0.2) is 5.43 Å². The lowest BCUT2D eigenvalue weighted by molar-refractivity contribution is -0.131. The average Bonchev–Trinajstić information content (AvgIpc) is 2.50. The highest BCUT2D eigenvalue weighted by atomic mass is 16.5. The van der Waals surface area contributed by atoms with Crippen molar-refractivity contribution in [2.24, 2.45) is 5.10 Å². The predicted octanol–water partition coefficient (Wildman–Crippen LogP) is 1.92. The van der Waals surface area contributed by atoms with Crippen LogP contribution < -0.4 is 5.43 Å². The highest BCUT2D eigenvalue weighted by Crippen LogP contribution is 2.15. The van der Waals surface area contributed by atoms with E-state index in [1.165, 1.54) is 13.3 Å². The Morgan fingerprint density at radius 2 is 2.10 bits per heavy atom. The van der Waals surface area contributed by atoms with Gasteiger partial charge in [0, 0.05) is 25.1 Å². The summed E-state index contributed by atoms with van der Waals surface area (Å²) in [6.45, 7) is 0. The Hall–Kier alpha value is -2.53. The highest BCUT2D eigenvalue weighted by Gasteiger charge is 2.18. The maximum Gasteiger partial charge on any atom is 0.273 e. The van der Waals surface area contributed by atoms with Crippen LogP contribution in [-0.4, -0.2) is 24.2 Å². The Bertz CT molecular complexity index is 570. The summed E-state index contributed by atoms with van der Waals surface area (Å²) in [5.41, 5.74) is 4.05. The monoisotopic (exact) mass is 269 g/mol. The van der Waals surface area contributed by atoms with Gasteiger partial charge in [0.25, 0.3) is 5.91 Å². The molecular weight excluding hydrogens is 254 g/mol. The summed E-state index contributed by atoms with van der Waals surface area (Å²) in [7, 11) is 1.49. The zero-order valence-electron chi connectivity index (χ0n) is 11.1. The van der Waals surface area contributed by atoms with Crippen molar-refractivity contribution in [2.45, 2.75) is 6.10 Å². The van der Waals surface area contributed by atoms with Crippen LogP contribution in [0.4, 0.5) is 0 Å². The molecule has 102 valence electrons. The van der Waals surface area contributed by atoms with Crippen molar-refractivity contribution in [1.82, 2.24) is 10.4 Å². The Morgan fingerprint density at radius 1 is 1.30 bits per heavy atom. The van der Waals surface area contributed by atoms with Crippen LogP contribution in [-0.2, 0) is 9.53 Å². The van der Waals surface area contributed by atoms with Crippen LogP contribution in [0.1, 0.15) is 17.2 Å². The van der Waals surface area contributed by atoms with E-state index >= 15 is 0 Å². The SMILES string of the molecule is CO[C@H](C(=O)N/N=C\c1cccnc1)c1ccccc1. The van der Waals surface area contributed by atoms with Crippen molar-refractivity contribution < 1.29 is 9.53 Å². The molecule has 0 fully saturated rings. The third-order valence-electron chi connectivity index (χ3n) is 2.65. The maximum atomic E-state index is 12.0. The fraction of sp³-hybridized carbons (Fsp3) is 0.133. The molecule has 0 bridgehead atoms. The third-order valence-corrected chi connectivity index (χ3v) is 2.65. The number of aromatic nitrogens is 1. The number of amides is 1. The lowest BCUT2D eigenvalue weighted by atomic mass is 10.1. The number of methoxy groups -OCH3 is 1. The first kappa shape index (κ1) is 13.9. The smallest absolute Gasteiger partial charge is 0.273 e. The Kier molecular flexibility index (Phi) is 4.97. The van der Waals surface area contributed by atoms with Crippen LogP contribution in [0.3, 0.4) is 0 Å². The largest absolute Gasteiger partial charge is 0.367 e. The molecule has 0 saturated heterocycles. The fourth-order valence-electron chi connectivity index (χ4n) is 1.70. The minimum Gasteiger partial charge on any atom is -0.367 e. The highest BCUT2D eigenvalue weighted by molar-refractivity contribution is 5.84. The molecule has 1 N–H and O–H groups in total. The number of benzene rings is 1. The summed E-state index contributed by atoms with van der Waals surface area (Å²) in [4.78, 5) is 16.0. The lowest BCUT2D eigenvalue weighted by Crippen LogP contribution is -2.26. The van der Waals surface area contributed by atoms with Gasteiger partial charge in [0.05, 0.1) is 6.21 Å². The van der Waals surface area contributed by atoms with Crippen LogP contribution >= 0.6 is 0 Å². The zero-order chi connectivity index (χ0) is 14.2. The summed E-state index contributed by atoms with van der Waals surface area (Å²) < 4.78 is 5.20. The van der Waals surface area contributed by atoms with Gasteiger partial charge < -0.3 is 4.74 Å². The van der Waals surface area contributed by atoms with E-state index in [2.05, 4.69) is 15.5 Å². The van der Waals surface area contributed by atoms with Crippen molar-refractivity contribution in [1.29, 1.82) is 0 Å². The van der Waals surface area contributed by atoms with E-state index in [-0.39, 0.29) is 5.91 Å². The number of nitrogens with zero attached hydrogens (tertiary/aromatic N) is 2. The second-order valence-corrected chi connectivity index (χ2v) is 4.05. The molecule has 2 rings (SSSR count). The molecule has 0 spiro atoms. The average molecular weight is 269 g/mol. The number of carbonyl (C=O) groups excluding carboxylic acids is 1. The second kappa shape index (κ2) is 7.16. The molecular formula is C15H15N3O2. The number of nitrogens with one attached hydrogen (secondary N) is 1. The van der Waals surface area contributed by atoms with Crippen LogP contribution in [0.25, 0.3) is 0 Å². The number of carbonyl (C=O) groups is 1. The lowest BCUT2D eigenvalue weighted by Gasteiger charge is -2.13. The number of pyridine rings is 1. The number of rotatable bonds is 5. The van der Waals surface area contributed by atoms with Gasteiger partial charge in [-0.15, -0.1) is 0 Å². The molecule has 5 heteroatoms. The van der Waals surface area contributed by atoms with E-state index in [9.17, 15) is 4.79 Å². The van der Waals surface area contributed by atoms with Crippen LogP contribution in [0, 0.1) is 0 Å². The second-order valence-electron chi connectivity index (χ2n) is 4.05. The molecule has 1 aromatic heterocycles. The summed E-state index contributed by atoms with van der Waals surface area (Å²) in [6.07, 6.45) is 4.18. The van der Waals surface area contributed by atoms with Crippen LogP contribution in [0.15, 0.2) is 60.0 Å². The predicted molar refractivity (Wildman–Crippen MR) is 76.2 cm³/mol. The van der Waals surface area contributed by atoms with Gasteiger partial charge in [-0.3, -0.25) is 9.78 Å². The molecule has 1 heterocycles. The van der Waals surface area contributed by atoms with E-state index in [1.807, 2.05) is 36.4 Å². The van der Waals surface area contributed by atoms with E-state index < -0.39 is 6.10 Å². The Morgan fingerprint density at radius 3 is 2.75 bits per heavy atom. The van der Waals surface area contributed by atoms with Gasteiger partial charge in [-0.2, -0.15) is 5.10 Å². The standard InChI is InChI=1S/C15H15N3O2/c1-20-14(13-7-3-2-4-8-13)15(19)18-17-11-12-6-5-9-16-10-12/h2-11,14H,1H3,(H,18,19)/b17-11-/t14-/m0/s1. The number of hydrogen-bond acceptors (Lipinski definition) is 4. The molecule has 0 aliphatic heterocycles. The van der Waals surface area contributed by atoms with Gasteiger partial charge in [0.1, 0.15) is 0 Å². The van der Waals surface area contributed by atoms with Crippen LogP contribution in [0.2, 0.25) is 0 Å². The first-order chi connectivity index (χ1) is 9.81. The normalized spacial score (nSPS) is 12.2. The van der Waals surface area contributed by atoms with Crippen molar-refractivity contribution in [2.75, 3.05) is 7.11 Å². The Balaban J connectivity index is 1.99. The van der Waals surface area contributed by atoms with Gasteiger partial charge >= 0.3 is 0 Å². The topological polar surface area (TPSA) is 63.6 Å². The molecule has 5 nitrogen and oxygen atoms in total. The molecule has 0 saturated carbocycles. The number of hydrazone groups is 1. The first-order valence-corrected chi connectivity index (χ1v) is 6.12. The molecule has 0 unspecified atom stereocenters. The quantitative estimate of drug-likeness (QED) is 0.666. The molecule has 0 radical (unpaired) electrons. The van der Waals surface area contributed by atoms with Crippen molar-refractivity contribution in [3.63, 3.8) is 0 Å². The molecule has 20 heavy (non-hydrogen) atoms. The summed E-state index contributed by atoms with van der Waals surface area (Å²) in [5.74, 6) is -0.321. The molecule has 1 aromatic carbocycles.